The molecule has 5 nitrogen and oxygen atoms in total. The van der Waals surface area contributed by atoms with Crippen molar-refractivity contribution in [3.05, 3.63) is 10.6 Å². The summed E-state index contributed by atoms with van der Waals surface area (Å²) < 4.78 is 0. The van der Waals surface area contributed by atoms with Crippen molar-refractivity contribution in [2.75, 3.05) is 5.73 Å². The van der Waals surface area contributed by atoms with Crippen molar-refractivity contribution in [1.29, 1.82) is 5.26 Å². The highest BCUT2D eigenvalue weighted by Gasteiger charge is 2.15. The van der Waals surface area contributed by atoms with Crippen LogP contribution in [0.3, 0.4) is 0 Å². The number of nitrogens with one attached hydrogen (secondary N) is 1. The number of aromatic nitrogens is 1. The van der Waals surface area contributed by atoms with Crippen molar-refractivity contribution in [3.8, 4) is 6.07 Å². The molecule has 1 aromatic rings. The summed E-state index contributed by atoms with van der Waals surface area (Å²) in [4.78, 5) is 16.1. The van der Waals surface area contributed by atoms with E-state index in [2.05, 4.69) is 10.3 Å². The fourth-order valence-corrected chi connectivity index (χ4v) is 1.84. The zero-order chi connectivity index (χ0) is 11.4. The van der Waals surface area contributed by atoms with Crippen LogP contribution in [0.25, 0.3) is 0 Å². The Morgan fingerprint density at radius 2 is 2.47 bits per heavy atom. The van der Waals surface area contributed by atoms with Gasteiger partial charge in [0.25, 0.3) is 5.91 Å². The molecule has 1 amide bonds. The van der Waals surface area contributed by atoms with Crippen molar-refractivity contribution < 1.29 is 4.79 Å². The summed E-state index contributed by atoms with van der Waals surface area (Å²) in [6, 6.07) is 1.83. The lowest BCUT2D eigenvalue weighted by atomic mass is 10.2. The number of hydrogen-bond acceptors (Lipinski definition) is 5. The summed E-state index contributed by atoms with van der Waals surface area (Å²) in [7, 11) is 0. The average molecular weight is 224 g/mol. The lowest BCUT2D eigenvalue weighted by molar-refractivity contribution is 0.0944. The SMILES string of the molecule is Cc1nc(N)sc1C(=O)NC(C)CC#N. The van der Waals surface area contributed by atoms with E-state index in [1.165, 1.54) is 0 Å². The molecule has 80 valence electrons. The highest BCUT2D eigenvalue weighted by Crippen LogP contribution is 2.19. The second kappa shape index (κ2) is 4.75. The van der Waals surface area contributed by atoms with Crippen molar-refractivity contribution in [2.45, 2.75) is 26.3 Å². The van der Waals surface area contributed by atoms with Gasteiger partial charge in [-0.05, 0) is 13.8 Å². The van der Waals surface area contributed by atoms with Crippen LogP contribution in [-0.2, 0) is 0 Å². The molecule has 0 saturated carbocycles. The van der Waals surface area contributed by atoms with Gasteiger partial charge in [0.2, 0.25) is 0 Å². The summed E-state index contributed by atoms with van der Waals surface area (Å²) in [6.07, 6.45) is 0.291. The monoisotopic (exact) mass is 224 g/mol. The number of nitrogen functional groups attached to an aromatic ring is 1. The van der Waals surface area contributed by atoms with Gasteiger partial charge in [0, 0.05) is 6.04 Å². The first-order valence-corrected chi connectivity index (χ1v) is 5.27. The first-order valence-electron chi connectivity index (χ1n) is 4.45. The summed E-state index contributed by atoms with van der Waals surface area (Å²) in [5.41, 5.74) is 6.11. The number of nitriles is 1. The van der Waals surface area contributed by atoms with Crippen LogP contribution in [0, 0.1) is 18.3 Å². The van der Waals surface area contributed by atoms with Crippen molar-refractivity contribution in [1.82, 2.24) is 10.3 Å². The van der Waals surface area contributed by atoms with Gasteiger partial charge in [-0.1, -0.05) is 11.3 Å². The fourth-order valence-electron chi connectivity index (χ4n) is 1.11. The predicted octanol–water partition coefficient (Wildman–Crippen LogP) is 1.07. The number of nitrogens with zero attached hydrogens (tertiary/aromatic N) is 2. The van der Waals surface area contributed by atoms with Crippen LogP contribution in [0.5, 0.6) is 0 Å². The molecule has 1 heterocycles. The van der Waals surface area contributed by atoms with Gasteiger partial charge < -0.3 is 11.1 Å². The molecule has 15 heavy (non-hydrogen) atoms. The van der Waals surface area contributed by atoms with Gasteiger partial charge >= 0.3 is 0 Å². The van der Waals surface area contributed by atoms with Gasteiger partial charge in [-0.25, -0.2) is 4.98 Å². The zero-order valence-electron chi connectivity index (χ0n) is 8.57. The number of amides is 1. The molecule has 6 heteroatoms. The van der Waals surface area contributed by atoms with Gasteiger partial charge in [0.1, 0.15) is 4.88 Å². The molecule has 1 rings (SSSR count). The van der Waals surface area contributed by atoms with Crippen LogP contribution in [0.15, 0.2) is 0 Å². The molecule has 0 bridgehead atoms. The topological polar surface area (TPSA) is 91.8 Å². The molecule has 0 radical (unpaired) electrons. The molecule has 3 N–H and O–H groups in total. The molecule has 0 aliphatic carbocycles. The molecule has 0 aliphatic rings. The molecule has 1 unspecified atom stereocenters. The Kier molecular flexibility index (Phi) is 3.63. The van der Waals surface area contributed by atoms with Gasteiger partial charge in [-0.15, -0.1) is 0 Å². The fraction of sp³-hybridized carbons (Fsp3) is 0.444. The molecular weight excluding hydrogens is 212 g/mol. The third kappa shape index (κ3) is 2.92. The highest BCUT2D eigenvalue weighted by atomic mass is 32.1. The van der Waals surface area contributed by atoms with E-state index < -0.39 is 0 Å². The number of thiazole rings is 1. The molecular formula is C9H12N4OS. The lowest BCUT2D eigenvalue weighted by Crippen LogP contribution is -2.32. The molecule has 0 aliphatic heterocycles. The Bertz CT molecular complexity index is 407. The molecule has 0 aromatic carbocycles. The second-order valence-electron chi connectivity index (χ2n) is 3.20. The maximum absolute atomic E-state index is 11.7. The lowest BCUT2D eigenvalue weighted by Gasteiger charge is -2.08. The summed E-state index contributed by atoms with van der Waals surface area (Å²) in [5.74, 6) is -0.218. The van der Waals surface area contributed by atoms with Crippen molar-refractivity contribution >= 4 is 22.4 Å². The van der Waals surface area contributed by atoms with E-state index in [1.807, 2.05) is 6.07 Å². The minimum Gasteiger partial charge on any atom is -0.375 e. The van der Waals surface area contributed by atoms with Crippen LogP contribution >= 0.6 is 11.3 Å². The van der Waals surface area contributed by atoms with Crippen LogP contribution in [0.4, 0.5) is 5.13 Å². The van der Waals surface area contributed by atoms with Crippen LogP contribution in [0.1, 0.15) is 28.7 Å². The predicted molar refractivity (Wildman–Crippen MR) is 58.4 cm³/mol. The van der Waals surface area contributed by atoms with E-state index in [9.17, 15) is 4.79 Å². The third-order valence-corrected chi connectivity index (χ3v) is 2.78. The largest absolute Gasteiger partial charge is 0.375 e. The van der Waals surface area contributed by atoms with E-state index >= 15 is 0 Å². The molecule has 0 fully saturated rings. The highest BCUT2D eigenvalue weighted by molar-refractivity contribution is 7.17. The van der Waals surface area contributed by atoms with Crippen LogP contribution < -0.4 is 11.1 Å². The Hall–Kier alpha value is -1.61. The third-order valence-electron chi connectivity index (χ3n) is 1.79. The number of aryl methyl sites for hydroxylation is 1. The van der Waals surface area contributed by atoms with E-state index in [1.54, 1.807) is 13.8 Å². The maximum atomic E-state index is 11.7. The first kappa shape index (κ1) is 11.5. The van der Waals surface area contributed by atoms with Gasteiger partial charge in [0.15, 0.2) is 5.13 Å². The molecule has 1 aromatic heterocycles. The number of anilines is 1. The number of nitrogens with two attached hydrogens (primary N) is 1. The van der Waals surface area contributed by atoms with E-state index in [4.69, 9.17) is 11.0 Å². The summed E-state index contributed by atoms with van der Waals surface area (Å²) in [5, 5.41) is 11.5. The second-order valence-corrected chi connectivity index (χ2v) is 4.23. The van der Waals surface area contributed by atoms with Crippen LogP contribution in [0.2, 0.25) is 0 Å². The number of carbonyl (C=O) groups excluding carboxylic acids is 1. The molecule has 1 atom stereocenters. The standard InChI is InChI=1S/C9H12N4OS/c1-5(3-4-10)12-8(14)7-6(2)13-9(11)15-7/h5H,3H2,1-2H3,(H2,11,13)(H,12,14). The summed E-state index contributed by atoms with van der Waals surface area (Å²) in [6.45, 7) is 3.51. The number of carbonyl (C=O) groups is 1. The minimum absolute atomic E-state index is 0.162. The smallest absolute Gasteiger partial charge is 0.263 e. The Morgan fingerprint density at radius 3 is 2.93 bits per heavy atom. The summed E-state index contributed by atoms with van der Waals surface area (Å²) >= 11 is 1.15. The first-order chi connectivity index (χ1) is 7.04. The Balaban J connectivity index is 2.70. The average Bonchev–Trinajstić information content (AvgIpc) is 2.45. The van der Waals surface area contributed by atoms with E-state index in [-0.39, 0.29) is 11.9 Å². The zero-order valence-corrected chi connectivity index (χ0v) is 9.39. The van der Waals surface area contributed by atoms with E-state index in [0.29, 0.717) is 22.1 Å². The van der Waals surface area contributed by atoms with Gasteiger partial charge in [-0.3, -0.25) is 4.79 Å². The van der Waals surface area contributed by atoms with Gasteiger partial charge in [0.05, 0.1) is 18.2 Å². The quantitative estimate of drug-likeness (QED) is 0.803. The molecule has 0 saturated heterocycles. The Labute approximate surface area is 91.9 Å². The Morgan fingerprint density at radius 1 is 1.80 bits per heavy atom. The number of hydrogen-bond donors (Lipinski definition) is 2. The van der Waals surface area contributed by atoms with Gasteiger partial charge in [-0.2, -0.15) is 5.26 Å². The minimum atomic E-state index is -0.218. The van der Waals surface area contributed by atoms with Crippen molar-refractivity contribution in [3.63, 3.8) is 0 Å². The maximum Gasteiger partial charge on any atom is 0.263 e. The van der Waals surface area contributed by atoms with Crippen LogP contribution in [-0.4, -0.2) is 16.9 Å². The van der Waals surface area contributed by atoms with Crippen molar-refractivity contribution in [2.24, 2.45) is 0 Å². The number of rotatable bonds is 3. The molecule has 0 spiro atoms. The normalized spacial score (nSPS) is 11.8. The van der Waals surface area contributed by atoms with E-state index in [0.717, 1.165) is 11.3 Å².